The lowest BCUT2D eigenvalue weighted by atomic mass is 9.83. The molecular weight excluding hydrogens is 186 g/mol. The Morgan fingerprint density at radius 2 is 2.27 bits per heavy atom. The molecule has 0 aromatic carbocycles. The number of nitrogens with two attached hydrogens (primary N) is 1. The molecule has 0 amide bonds. The van der Waals surface area contributed by atoms with Gasteiger partial charge in [-0.05, 0) is 44.6 Å². The number of fused-ring (bicyclic) bond motifs is 1. The molecule has 1 atom stereocenters. The zero-order valence-electron chi connectivity index (χ0n) is 9.16. The van der Waals surface area contributed by atoms with Crippen LogP contribution < -0.4 is 5.73 Å². The first-order valence-corrected chi connectivity index (χ1v) is 5.82. The molecule has 1 heterocycles. The standard InChI is InChI=1S/C12H17N3/c1-12(13)6-2-3-9-7-14-11(8-4-5-8)15-10(9)12/h7-8H,2-6,13H2,1H3. The highest BCUT2D eigenvalue weighted by molar-refractivity contribution is 5.28. The fourth-order valence-electron chi connectivity index (χ4n) is 2.40. The predicted octanol–water partition coefficient (Wildman–Crippen LogP) is 1.86. The molecule has 0 spiro atoms. The Morgan fingerprint density at radius 1 is 1.47 bits per heavy atom. The van der Waals surface area contributed by atoms with Crippen LogP contribution in [0.25, 0.3) is 0 Å². The Morgan fingerprint density at radius 3 is 3.00 bits per heavy atom. The van der Waals surface area contributed by atoms with E-state index in [1.165, 1.54) is 18.4 Å². The van der Waals surface area contributed by atoms with Gasteiger partial charge in [0.1, 0.15) is 5.82 Å². The molecule has 1 unspecified atom stereocenters. The van der Waals surface area contributed by atoms with Gasteiger partial charge >= 0.3 is 0 Å². The van der Waals surface area contributed by atoms with Crippen LogP contribution in [0.1, 0.15) is 55.6 Å². The highest BCUT2D eigenvalue weighted by atomic mass is 14.9. The summed E-state index contributed by atoms with van der Waals surface area (Å²) in [7, 11) is 0. The van der Waals surface area contributed by atoms with Gasteiger partial charge in [-0.15, -0.1) is 0 Å². The van der Waals surface area contributed by atoms with Crippen molar-refractivity contribution in [2.75, 3.05) is 0 Å². The topological polar surface area (TPSA) is 51.8 Å². The SMILES string of the molecule is CC1(N)CCCc2cnc(C3CC3)nc21. The van der Waals surface area contributed by atoms with Gasteiger partial charge in [0.2, 0.25) is 0 Å². The smallest absolute Gasteiger partial charge is 0.131 e. The highest BCUT2D eigenvalue weighted by Crippen LogP contribution is 2.39. The second-order valence-electron chi connectivity index (χ2n) is 5.15. The van der Waals surface area contributed by atoms with Gasteiger partial charge in [0.25, 0.3) is 0 Å². The molecule has 1 fully saturated rings. The first-order valence-electron chi connectivity index (χ1n) is 5.82. The second kappa shape index (κ2) is 3.01. The quantitative estimate of drug-likeness (QED) is 0.758. The maximum absolute atomic E-state index is 6.29. The molecule has 0 bridgehead atoms. The Hall–Kier alpha value is -0.960. The summed E-state index contributed by atoms with van der Waals surface area (Å²) in [5.74, 6) is 1.64. The van der Waals surface area contributed by atoms with Crippen molar-refractivity contribution in [1.29, 1.82) is 0 Å². The summed E-state index contributed by atoms with van der Waals surface area (Å²) in [5.41, 5.74) is 8.41. The number of hydrogen-bond donors (Lipinski definition) is 1. The van der Waals surface area contributed by atoms with E-state index in [0.29, 0.717) is 5.92 Å². The van der Waals surface area contributed by atoms with Crippen LogP contribution in [0.4, 0.5) is 0 Å². The fourth-order valence-corrected chi connectivity index (χ4v) is 2.40. The molecule has 3 rings (SSSR count). The van der Waals surface area contributed by atoms with Gasteiger partial charge in [-0.1, -0.05) is 0 Å². The zero-order valence-corrected chi connectivity index (χ0v) is 9.16. The summed E-state index contributed by atoms with van der Waals surface area (Å²) in [6.07, 6.45) is 7.79. The summed E-state index contributed by atoms with van der Waals surface area (Å²) in [6, 6.07) is 0. The van der Waals surface area contributed by atoms with Crippen molar-refractivity contribution >= 4 is 0 Å². The molecule has 0 saturated heterocycles. The third kappa shape index (κ3) is 1.55. The van der Waals surface area contributed by atoms with Crippen LogP contribution in [0.2, 0.25) is 0 Å². The van der Waals surface area contributed by atoms with E-state index in [0.717, 1.165) is 30.8 Å². The van der Waals surface area contributed by atoms with Gasteiger partial charge in [0.15, 0.2) is 0 Å². The maximum atomic E-state index is 6.29. The molecule has 80 valence electrons. The zero-order chi connectivity index (χ0) is 10.5. The number of aromatic nitrogens is 2. The molecule has 2 N–H and O–H groups in total. The predicted molar refractivity (Wildman–Crippen MR) is 58.5 cm³/mol. The molecule has 2 aliphatic carbocycles. The Bertz CT molecular complexity index is 394. The normalized spacial score (nSPS) is 30.0. The van der Waals surface area contributed by atoms with Crippen molar-refractivity contribution in [2.45, 2.75) is 50.5 Å². The van der Waals surface area contributed by atoms with E-state index in [4.69, 9.17) is 10.7 Å². The van der Waals surface area contributed by atoms with Gasteiger partial charge in [0.05, 0.1) is 11.2 Å². The van der Waals surface area contributed by atoms with E-state index in [-0.39, 0.29) is 5.54 Å². The molecular formula is C12H17N3. The molecule has 1 saturated carbocycles. The highest BCUT2D eigenvalue weighted by Gasteiger charge is 2.33. The summed E-state index contributed by atoms with van der Waals surface area (Å²) >= 11 is 0. The average Bonchev–Trinajstić information content (AvgIpc) is 3.00. The molecule has 0 radical (unpaired) electrons. The monoisotopic (exact) mass is 203 g/mol. The molecule has 3 heteroatoms. The van der Waals surface area contributed by atoms with E-state index in [2.05, 4.69) is 11.9 Å². The number of rotatable bonds is 1. The maximum Gasteiger partial charge on any atom is 0.131 e. The van der Waals surface area contributed by atoms with E-state index in [1.54, 1.807) is 0 Å². The van der Waals surface area contributed by atoms with Crippen LogP contribution in [0, 0.1) is 0 Å². The molecule has 0 aliphatic heterocycles. The lowest BCUT2D eigenvalue weighted by molar-refractivity contribution is 0.392. The van der Waals surface area contributed by atoms with Crippen molar-refractivity contribution < 1.29 is 0 Å². The van der Waals surface area contributed by atoms with Crippen molar-refractivity contribution in [1.82, 2.24) is 9.97 Å². The summed E-state index contributed by atoms with van der Waals surface area (Å²) in [5, 5.41) is 0. The van der Waals surface area contributed by atoms with Crippen LogP contribution in [0.3, 0.4) is 0 Å². The van der Waals surface area contributed by atoms with Crippen molar-refractivity contribution in [2.24, 2.45) is 5.73 Å². The minimum atomic E-state index is -0.236. The first-order chi connectivity index (χ1) is 7.17. The van der Waals surface area contributed by atoms with E-state index >= 15 is 0 Å². The minimum Gasteiger partial charge on any atom is -0.320 e. The molecule has 2 aliphatic rings. The van der Waals surface area contributed by atoms with Gasteiger partial charge in [0, 0.05) is 12.1 Å². The molecule has 15 heavy (non-hydrogen) atoms. The molecule has 1 aromatic rings. The van der Waals surface area contributed by atoms with E-state index in [9.17, 15) is 0 Å². The second-order valence-corrected chi connectivity index (χ2v) is 5.15. The Kier molecular flexibility index (Phi) is 1.87. The summed E-state index contributed by atoms with van der Waals surface area (Å²) in [4.78, 5) is 9.14. The van der Waals surface area contributed by atoms with Gasteiger partial charge in [-0.3, -0.25) is 0 Å². The minimum absolute atomic E-state index is 0.236. The fraction of sp³-hybridized carbons (Fsp3) is 0.667. The largest absolute Gasteiger partial charge is 0.320 e. The van der Waals surface area contributed by atoms with Gasteiger partial charge in [-0.2, -0.15) is 0 Å². The van der Waals surface area contributed by atoms with Gasteiger partial charge < -0.3 is 5.73 Å². The van der Waals surface area contributed by atoms with E-state index in [1.807, 2.05) is 6.20 Å². The van der Waals surface area contributed by atoms with Crippen molar-refractivity contribution in [3.8, 4) is 0 Å². The third-order valence-electron chi connectivity index (χ3n) is 3.51. The molecule has 3 nitrogen and oxygen atoms in total. The summed E-state index contributed by atoms with van der Waals surface area (Å²) < 4.78 is 0. The van der Waals surface area contributed by atoms with Gasteiger partial charge in [-0.25, -0.2) is 9.97 Å². The lowest BCUT2D eigenvalue weighted by Crippen LogP contribution is -2.38. The van der Waals surface area contributed by atoms with Crippen LogP contribution >= 0.6 is 0 Å². The van der Waals surface area contributed by atoms with Crippen LogP contribution in [-0.2, 0) is 12.0 Å². The first kappa shape index (κ1) is 9.28. The average molecular weight is 203 g/mol. The molecule has 1 aromatic heterocycles. The lowest BCUT2D eigenvalue weighted by Gasteiger charge is -2.30. The number of nitrogens with zero attached hydrogens (tertiary/aromatic N) is 2. The Labute approximate surface area is 90.1 Å². The Balaban J connectivity index is 2.07. The number of hydrogen-bond acceptors (Lipinski definition) is 3. The van der Waals surface area contributed by atoms with Crippen LogP contribution in [0.5, 0.6) is 0 Å². The van der Waals surface area contributed by atoms with Crippen molar-refractivity contribution in [3.63, 3.8) is 0 Å². The van der Waals surface area contributed by atoms with E-state index < -0.39 is 0 Å². The summed E-state index contributed by atoms with van der Waals surface area (Å²) in [6.45, 7) is 2.09. The van der Waals surface area contributed by atoms with Crippen LogP contribution in [-0.4, -0.2) is 9.97 Å². The third-order valence-corrected chi connectivity index (χ3v) is 3.51. The van der Waals surface area contributed by atoms with Crippen molar-refractivity contribution in [3.05, 3.63) is 23.3 Å². The van der Waals surface area contributed by atoms with Crippen LogP contribution in [0.15, 0.2) is 6.20 Å². The number of aryl methyl sites for hydroxylation is 1.